The van der Waals surface area contributed by atoms with Gasteiger partial charge in [0.05, 0.1) is 5.02 Å². The van der Waals surface area contributed by atoms with Gasteiger partial charge in [-0.3, -0.25) is 0 Å². The van der Waals surface area contributed by atoms with Gasteiger partial charge in [0.15, 0.2) is 0 Å². The van der Waals surface area contributed by atoms with Gasteiger partial charge in [0.2, 0.25) is 0 Å². The van der Waals surface area contributed by atoms with Gasteiger partial charge in [-0.05, 0) is 34.7 Å². The van der Waals surface area contributed by atoms with Crippen LogP contribution in [0.2, 0.25) is 5.02 Å². The molecule has 1 aromatic rings. The summed E-state index contributed by atoms with van der Waals surface area (Å²) in [7, 11) is 0. The normalized spacial score (nSPS) is 12.0. The standard InChI is InChI=1S/C8H3ClF5IO/c9-4-1-3(15)2-5(16-7(10)11)6(4)8(12,13)14/h1-2,7H. The number of alkyl halides is 5. The summed E-state index contributed by atoms with van der Waals surface area (Å²) < 4.78 is 65.3. The number of benzene rings is 1. The zero-order valence-electron chi connectivity index (χ0n) is 7.29. The molecule has 0 saturated carbocycles. The Morgan fingerprint density at radius 3 is 2.25 bits per heavy atom. The molecule has 1 aromatic carbocycles. The van der Waals surface area contributed by atoms with E-state index in [0.717, 1.165) is 12.1 Å². The molecule has 0 aliphatic rings. The Balaban J connectivity index is 3.33. The summed E-state index contributed by atoms with van der Waals surface area (Å²) in [5.74, 6) is -0.973. The van der Waals surface area contributed by atoms with Crippen LogP contribution in [-0.4, -0.2) is 6.61 Å². The maximum Gasteiger partial charge on any atom is 0.421 e. The van der Waals surface area contributed by atoms with Crippen molar-refractivity contribution in [2.24, 2.45) is 0 Å². The number of halogens is 7. The maximum absolute atomic E-state index is 12.5. The molecule has 0 bridgehead atoms. The zero-order valence-corrected chi connectivity index (χ0v) is 10.2. The van der Waals surface area contributed by atoms with Crippen molar-refractivity contribution in [2.45, 2.75) is 12.8 Å². The predicted octanol–water partition coefficient (Wildman–Crippen LogP) is 4.56. The minimum atomic E-state index is -4.84. The molecule has 0 amide bonds. The Morgan fingerprint density at radius 1 is 1.25 bits per heavy atom. The van der Waals surface area contributed by atoms with Crippen molar-refractivity contribution in [3.05, 3.63) is 26.3 Å². The van der Waals surface area contributed by atoms with Crippen molar-refractivity contribution in [3.8, 4) is 5.75 Å². The largest absolute Gasteiger partial charge is 0.434 e. The van der Waals surface area contributed by atoms with Gasteiger partial charge >= 0.3 is 12.8 Å². The third-order valence-electron chi connectivity index (χ3n) is 1.52. The highest BCUT2D eigenvalue weighted by Gasteiger charge is 2.38. The van der Waals surface area contributed by atoms with Gasteiger partial charge in [0.1, 0.15) is 11.3 Å². The van der Waals surface area contributed by atoms with E-state index in [1.807, 2.05) is 0 Å². The first-order chi connectivity index (χ1) is 7.21. The number of rotatable bonds is 2. The van der Waals surface area contributed by atoms with Gasteiger partial charge in [-0.2, -0.15) is 22.0 Å². The molecule has 0 atom stereocenters. The second kappa shape index (κ2) is 4.91. The first-order valence-electron chi connectivity index (χ1n) is 3.73. The second-order valence-electron chi connectivity index (χ2n) is 2.64. The van der Waals surface area contributed by atoms with Crippen molar-refractivity contribution in [3.63, 3.8) is 0 Å². The third-order valence-corrected chi connectivity index (χ3v) is 2.44. The molecule has 16 heavy (non-hydrogen) atoms. The van der Waals surface area contributed by atoms with Gasteiger partial charge in [-0.25, -0.2) is 0 Å². The lowest BCUT2D eigenvalue weighted by molar-refractivity contribution is -0.141. The summed E-state index contributed by atoms with van der Waals surface area (Å²) in [6, 6.07) is 1.87. The summed E-state index contributed by atoms with van der Waals surface area (Å²) in [6.07, 6.45) is -4.84. The molecule has 0 radical (unpaired) electrons. The Labute approximate surface area is 106 Å². The molecule has 0 saturated heterocycles. The Morgan fingerprint density at radius 2 is 1.81 bits per heavy atom. The van der Waals surface area contributed by atoms with Crippen LogP contribution in [0.5, 0.6) is 5.75 Å². The molecule has 0 aliphatic carbocycles. The quantitative estimate of drug-likeness (QED) is 0.546. The Hall–Kier alpha value is -0.310. The average Bonchev–Trinajstić information content (AvgIpc) is 1.96. The first kappa shape index (κ1) is 13.8. The third kappa shape index (κ3) is 3.34. The SMILES string of the molecule is FC(F)Oc1cc(I)cc(Cl)c1C(F)(F)F. The molecule has 0 aliphatic heterocycles. The molecule has 90 valence electrons. The van der Waals surface area contributed by atoms with Crippen molar-refractivity contribution < 1.29 is 26.7 Å². The molecule has 0 aromatic heterocycles. The van der Waals surface area contributed by atoms with E-state index < -0.39 is 29.1 Å². The lowest BCUT2D eigenvalue weighted by atomic mass is 10.2. The van der Waals surface area contributed by atoms with Crippen molar-refractivity contribution in [1.82, 2.24) is 0 Å². The highest BCUT2D eigenvalue weighted by atomic mass is 127. The van der Waals surface area contributed by atoms with Crippen LogP contribution in [0.1, 0.15) is 5.56 Å². The van der Waals surface area contributed by atoms with Gasteiger partial charge in [-0.15, -0.1) is 0 Å². The molecule has 0 unspecified atom stereocenters. The fraction of sp³-hybridized carbons (Fsp3) is 0.250. The topological polar surface area (TPSA) is 9.23 Å². The molecular weight excluding hydrogens is 369 g/mol. The van der Waals surface area contributed by atoms with E-state index in [9.17, 15) is 22.0 Å². The van der Waals surface area contributed by atoms with Gasteiger partial charge in [0, 0.05) is 3.57 Å². The molecule has 8 heteroatoms. The maximum atomic E-state index is 12.5. The van der Waals surface area contributed by atoms with E-state index in [1.165, 1.54) is 0 Å². The monoisotopic (exact) mass is 372 g/mol. The number of ether oxygens (including phenoxy) is 1. The van der Waals surface area contributed by atoms with E-state index in [-0.39, 0.29) is 3.57 Å². The summed E-state index contributed by atoms with van der Waals surface area (Å²) in [6.45, 7) is -3.34. The lowest BCUT2D eigenvalue weighted by Gasteiger charge is -2.15. The molecule has 0 spiro atoms. The van der Waals surface area contributed by atoms with E-state index >= 15 is 0 Å². The fourth-order valence-corrected chi connectivity index (χ4v) is 2.11. The zero-order chi connectivity index (χ0) is 12.5. The minimum Gasteiger partial charge on any atom is -0.434 e. The highest BCUT2D eigenvalue weighted by molar-refractivity contribution is 14.1. The van der Waals surface area contributed by atoms with Crippen LogP contribution in [0.25, 0.3) is 0 Å². The summed E-state index contributed by atoms with van der Waals surface area (Å²) in [5.41, 5.74) is -1.39. The number of hydrogen-bond donors (Lipinski definition) is 0. The first-order valence-corrected chi connectivity index (χ1v) is 5.18. The predicted molar refractivity (Wildman–Crippen MR) is 55.8 cm³/mol. The van der Waals surface area contributed by atoms with Gasteiger partial charge < -0.3 is 4.74 Å². The Bertz CT molecular complexity index is 393. The van der Waals surface area contributed by atoms with E-state index in [1.54, 1.807) is 22.6 Å². The number of hydrogen-bond acceptors (Lipinski definition) is 1. The van der Waals surface area contributed by atoms with Crippen LogP contribution in [0.3, 0.4) is 0 Å². The Kier molecular flexibility index (Phi) is 4.22. The van der Waals surface area contributed by atoms with E-state index in [2.05, 4.69) is 4.74 Å². The lowest BCUT2D eigenvalue weighted by Crippen LogP contribution is -2.12. The molecule has 0 heterocycles. The summed E-state index contributed by atoms with van der Waals surface area (Å²) in [5, 5.41) is -0.671. The highest BCUT2D eigenvalue weighted by Crippen LogP contribution is 2.42. The molecule has 1 nitrogen and oxygen atoms in total. The minimum absolute atomic E-state index is 0.270. The van der Waals surface area contributed by atoms with E-state index in [4.69, 9.17) is 11.6 Å². The second-order valence-corrected chi connectivity index (χ2v) is 4.29. The molecular formula is C8H3ClF5IO. The van der Waals surface area contributed by atoms with Crippen molar-refractivity contribution >= 4 is 34.2 Å². The van der Waals surface area contributed by atoms with Crippen LogP contribution >= 0.6 is 34.2 Å². The van der Waals surface area contributed by atoms with Gasteiger partial charge in [0.25, 0.3) is 0 Å². The van der Waals surface area contributed by atoms with Crippen molar-refractivity contribution in [1.29, 1.82) is 0 Å². The van der Waals surface area contributed by atoms with Crippen LogP contribution in [0.15, 0.2) is 12.1 Å². The molecule has 1 rings (SSSR count). The molecule has 0 N–H and O–H groups in total. The van der Waals surface area contributed by atoms with Crippen LogP contribution < -0.4 is 4.74 Å². The smallest absolute Gasteiger partial charge is 0.421 e. The van der Waals surface area contributed by atoms with Crippen LogP contribution in [0, 0.1) is 3.57 Å². The summed E-state index contributed by atoms with van der Waals surface area (Å²) >= 11 is 7.00. The van der Waals surface area contributed by atoms with Crippen LogP contribution in [-0.2, 0) is 6.18 Å². The van der Waals surface area contributed by atoms with Gasteiger partial charge in [-0.1, -0.05) is 11.6 Å². The van der Waals surface area contributed by atoms with Crippen LogP contribution in [0.4, 0.5) is 22.0 Å². The summed E-state index contributed by atoms with van der Waals surface area (Å²) in [4.78, 5) is 0. The van der Waals surface area contributed by atoms with Crippen molar-refractivity contribution in [2.75, 3.05) is 0 Å². The average molecular weight is 372 g/mol. The molecule has 0 fully saturated rings. The van der Waals surface area contributed by atoms with E-state index in [0.29, 0.717) is 0 Å². The fourth-order valence-electron chi connectivity index (χ4n) is 1.01.